The van der Waals surface area contributed by atoms with Crippen LogP contribution in [0.4, 0.5) is 0 Å². The first-order valence-corrected chi connectivity index (χ1v) is 11.7. The van der Waals surface area contributed by atoms with Gasteiger partial charge in [0.2, 0.25) is 9.84 Å². The number of halogens is 1. The van der Waals surface area contributed by atoms with Crippen molar-refractivity contribution in [1.29, 1.82) is 0 Å². The number of aromatic nitrogens is 1. The summed E-state index contributed by atoms with van der Waals surface area (Å²) >= 11 is 5.94. The number of carbonyl (C=O) groups is 1. The van der Waals surface area contributed by atoms with Crippen molar-refractivity contribution in [3.63, 3.8) is 0 Å². The zero-order chi connectivity index (χ0) is 23.3. The highest BCUT2D eigenvalue weighted by molar-refractivity contribution is 7.91. The molecule has 7 nitrogen and oxygen atoms in total. The third-order valence-electron chi connectivity index (χ3n) is 5.04. The molecule has 168 valence electrons. The third-order valence-corrected chi connectivity index (χ3v) is 7.19. The summed E-state index contributed by atoms with van der Waals surface area (Å²) in [5.41, 5.74) is 1.48. The number of carboxylic acids is 1. The number of benzene rings is 2. The van der Waals surface area contributed by atoms with E-state index in [-0.39, 0.29) is 21.0 Å². The number of hydrogen-bond acceptors (Lipinski definition) is 6. The van der Waals surface area contributed by atoms with E-state index in [4.69, 9.17) is 11.6 Å². The second-order valence-electron chi connectivity index (χ2n) is 7.26. The lowest BCUT2D eigenvalue weighted by atomic mass is 10.1. The molecule has 0 fully saturated rings. The summed E-state index contributed by atoms with van der Waals surface area (Å²) in [6, 6.07) is 14.8. The number of nitrogens with zero attached hydrogens (tertiary/aromatic N) is 1. The Kier molecular flexibility index (Phi) is 7.63. The number of nitrogens with one attached hydrogen (secondary N) is 1. The summed E-state index contributed by atoms with van der Waals surface area (Å²) in [7, 11) is -3.88. The summed E-state index contributed by atoms with van der Waals surface area (Å²) < 4.78 is 25.9. The minimum absolute atomic E-state index is 0.0747. The van der Waals surface area contributed by atoms with E-state index in [2.05, 4.69) is 10.3 Å². The van der Waals surface area contributed by atoms with Crippen molar-refractivity contribution in [2.45, 2.75) is 29.2 Å². The van der Waals surface area contributed by atoms with E-state index in [9.17, 15) is 23.4 Å². The Morgan fingerprint density at radius 2 is 1.88 bits per heavy atom. The fourth-order valence-electron chi connectivity index (χ4n) is 3.29. The van der Waals surface area contributed by atoms with Crippen LogP contribution < -0.4 is 5.32 Å². The van der Waals surface area contributed by atoms with Gasteiger partial charge in [-0.15, -0.1) is 0 Å². The van der Waals surface area contributed by atoms with Crippen LogP contribution in [0.25, 0.3) is 0 Å². The van der Waals surface area contributed by atoms with Crippen molar-refractivity contribution in [1.82, 2.24) is 10.3 Å². The molecule has 3 aromatic rings. The number of sulfone groups is 1. The van der Waals surface area contributed by atoms with Crippen LogP contribution in [-0.2, 0) is 16.3 Å². The van der Waals surface area contributed by atoms with E-state index < -0.39 is 21.9 Å². The van der Waals surface area contributed by atoms with Gasteiger partial charge in [0.25, 0.3) is 0 Å². The summed E-state index contributed by atoms with van der Waals surface area (Å²) in [5.74, 6) is -1.28. The van der Waals surface area contributed by atoms with Crippen LogP contribution in [0.3, 0.4) is 0 Å². The fraction of sp³-hybridized carbons (Fsp3) is 0.217. The molecule has 9 heteroatoms. The number of aromatic carboxylic acids is 1. The van der Waals surface area contributed by atoms with E-state index in [1.807, 2.05) is 0 Å². The fourth-order valence-corrected chi connectivity index (χ4v) is 4.98. The van der Waals surface area contributed by atoms with Crippen molar-refractivity contribution in [3.05, 3.63) is 88.2 Å². The molecule has 1 heterocycles. The molecule has 0 amide bonds. The van der Waals surface area contributed by atoms with Crippen molar-refractivity contribution in [3.8, 4) is 0 Å². The molecule has 0 unspecified atom stereocenters. The minimum atomic E-state index is -3.88. The second kappa shape index (κ2) is 10.2. The summed E-state index contributed by atoms with van der Waals surface area (Å²) in [6.45, 7) is 2.39. The van der Waals surface area contributed by atoms with Gasteiger partial charge in [-0.1, -0.05) is 35.9 Å². The van der Waals surface area contributed by atoms with Crippen molar-refractivity contribution in [2.75, 3.05) is 13.1 Å². The standard InChI is InChI=1S/C23H23ClN2O5S/c1-15-21(10-12-26-22(15)23(28)29)32(30,31)19-7-5-16(6-8-19)9-11-25-14-20(27)17-3-2-4-18(24)13-17/h2-8,10,12-13,20,25,27H,9,11,14H2,1H3,(H,28,29)/t20-/m0/s1. The molecule has 0 spiro atoms. The van der Waals surface area contributed by atoms with Gasteiger partial charge in [-0.05, 0) is 61.3 Å². The summed E-state index contributed by atoms with van der Waals surface area (Å²) in [4.78, 5) is 15.0. The third kappa shape index (κ3) is 5.52. The highest BCUT2D eigenvalue weighted by atomic mass is 35.5. The highest BCUT2D eigenvalue weighted by Crippen LogP contribution is 2.25. The maximum absolute atomic E-state index is 13.0. The second-order valence-corrected chi connectivity index (χ2v) is 9.61. The lowest BCUT2D eigenvalue weighted by Crippen LogP contribution is -2.23. The molecule has 1 atom stereocenters. The van der Waals surface area contributed by atoms with Crippen LogP contribution in [0.2, 0.25) is 5.02 Å². The van der Waals surface area contributed by atoms with Crippen LogP contribution in [0.15, 0.2) is 70.6 Å². The first-order valence-electron chi connectivity index (χ1n) is 9.87. The van der Waals surface area contributed by atoms with Crippen molar-refractivity contribution in [2.24, 2.45) is 0 Å². The predicted molar refractivity (Wildman–Crippen MR) is 121 cm³/mol. The number of aliphatic hydroxyl groups excluding tert-OH is 1. The predicted octanol–water partition coefficient (Wildman–Crippen LogP) is 3.44. The van der Waals surface area contributed by atoms with E-state index in [0.29, 0.717) is 24.5 Å². The average Bonchev–Trinajstić information content (AvgIpc) is 2.76. The highest BCUT2D eigenvalue weighted by Gasteiger charge is 2.23. The van der Waals surface area contributed by atoms with Gasteiger partial charge in [0.15, 0.2) is 5.69 Å². The van der Waals surface area contributed by atoms with E-state index in [1.54, 1.807) is 36.4 Å². The summed E-state index contributed by atoms with van der Waals surface area (Å²) in [5, 5.41) is 23.2. The van der Waals surface area contributed by atoms with Gasteiger partial charge in [0.1, 0.15) is 0 Å². The Morgan fingerprint density at radius 3 is 2.53 bits per heavy atom. The molecule has 2 aromatic carbocycles. The van der Waals surface area contributed by atoms with E-state index in [1.165, 1.54) is 31.3 Å². The van der Waals surface area contributed by atoms with Crippen LogP contribution in [0.5, 0.6) is 0 Å². The normalized spacial score (nSPS) is 12.5. The largest absolute Gasteiger partial charge is 0.477 e. The molecule has 1 aromatic heterocycles. The molecule has 0 saturated carbocycles. The van der Waals surface area contributed by atoms with E-state index >= 15 is 0 Å². The van der Waals surface area contributed by atoms with Crippen LogP contribution in [0.1, 0.15) is 33.3 Å². The van der Waals surface area contributed by atoms with Gasteiger partial charge in [-0.3, -0.25) is 0 Å². The smallest absolute Gasteiger partial charge is 0.354 e. The van der Waals surface area contributed by atoms with Gasteiger partial charge < -0.3 is 15.5 Å². The Hall–Kier alpha value is -2.78. The Balaban J connectivity index is 1.61. The van der Waals surface area contributed by atoms with Gasteiger partial charge in [-0.2, -0.15) is 0 Å². The molecule has 0 aliphatic heterocycles. The van der Waals surface area contributed by atoms with Crippen LogP contribution in [-0.4, -0.2) is 42.7 Å². The molecule has 0 aliphatic rings. The van der Waals surface area contributed by atoms with Gasteiger partial charge in [-0.25, -0.2) is 18.2 Å². The number of hydrogen-bond donors (Lipinski definition) is 3. The average molecular weight is 475 g/mol. The topological polar surface area (TPSA) is 117 Å². The number of pyridine rings is 1. The number of aliphatic hydroxyl groups is 1. The van der Waals surface area contributed by atoms with Gasteiger partial charge in [0.05, 0.1) is 15.9 Å². The molecular formula is C23H23ClN2O5S. The zero-order valence-electron chi connectivity index (χ0n) is 17.3. The van der Waals surface area contributed by atoms with Gasteiger partial charge >= 0.3 is 5.97 Å². The van der Waals surface area contributed by atoms with Crippen LogP contribution >= 0.6 is 11.6 Å². The summed E-state index contributed by atoms with van der Waals surface area (Å²) in [6.07, 6.45) is 1.14. The molecule has 3 rings (SSSR count). The number of rotatable bonds is 9. The quantitative estimate of drug-likeness (QED) is 0.407. The number of carboxylic acid groups (broad SMARTS) is 1. The van der Waals surface area contributed by atoms with Gasteiger partial charge in [0, 0.05) is 23.3 Å². The first kappa shape index (κ1) is 23.9. The molecule has 3 N–H and O–H groups in total. The van der Waals surface area contributed by atoms with Crippen molar-refractivity contribution < 1.29 is 23.4 Å². The molecular weight excluding hydrogens is 452 g/mol. The lowest BCUT2D eigenvalue weighted by molar-refractivity contribution is 0.0689. The Bertz CT molecular complexity index is 1210. The molecule has 0 bridgehead atoms. The van der Waals surface area contributed by atoms with Crippen LogP contribution in [0, 0.1) is 6.92 Å². The Labute approximate surface area is 191 Å². The maximum Gasteiger partial charge on any atom is 0.354 e. The molecule has 32 heavy (non-hydrogen) atoms. The Morgan fingerprint density at radius 1 is 1.16 bits per heavy atom. The minimum Gasteiger partial charge on any atom is -0.477 e. The van der Waals surface area contributed by atoms with Crippen molar-refractivity contribution >= 4 is 27.4 Å². The molecule has 0 radical (unpaired) electrons. The monoisotopic (exact) mass is 474 g/mol. The zero-order valence-corrected chi connectivity index (χ0v) is 18.9. The lowest BCUT2D eigenvalue weighted by Gasteiger charge is -2.13. The first-order chi connectivity index (χ1) is 15.2. The molecule has 0 saturated heterocycles. The molecule has 0 aliphatic carbocycles. The maximum atomic E-state index is 13.0. The van der Waals surface area contributed by atoms with E-state index in [0.717, 1.165) is 11.1 Å². The SMILES string of the molecule is Cc1c(S(=O)(=O)c2ccc(CCNC[C@H](O)c3cccc(Cl)c3)cc2)ccnc1C(=O)O.